The fourth-order valence-electron chi connectivity index (χ4n) is 2.44. The lowest BCUT2D eigenvalue weighted by Crippen LogP contribution is -2.38. The first kappa shape index (κ1) is 19.4. The summed E-state index contributed by atoms with van der Waals surface area (Å²) in [5, 5.41) is 2.36. The summed E-state index contributed by atoms with van der Waals surface area (Å²) in [7, 11) is -2.03. The molecule has 1 aromatic carbocycles. The zero-order chi connectivity index (χ0) is 18.8. The molecule has 0 bridgehead atoms. The second-order valence-corrected chi connectivity index (χ2v) is 7.58. The first-order valence-corrected chi connectivity index (χ1v) is 8.94. The molecule has 0 aromatic heterocycles. The summed E-state index contributed by atoms with van der Waals surface area (Å²) in [6, 6.07) is 1.46. The smallest absolute Gasteiger partial charge is 0.407 e. The molecule has 25 heavy (non-hydrogen) atoms. The molecule has 11 heteroatoms. The molecule has 0 aliphatic carbocycles. The number of methoxy groups -OCH3 is 2. The van der Waals surface area contributed by atoms with Crippen LogP contribution >= 0.6 is 11.6 Å². The Bertz CT molecular complexity index is 801. The number of carbonyl (C=O) groups excluding carboxylic acids is 2. The van der Waals surface area contributed by atoms with Crippen LogP contribution in [-0.4, -0.2) is 58.1 Å². The van der Waals surface area contributed by atoms with Gasteiger partial charge in [0, 0.05) is 24.2 Å². The average molecular weight is 395 g/mol. The molecule has 0 spiro atoms. The van der Waals surface area contributed by atoms with E-state index in [0.29, 0.717) is 6.42 Å². The van der Waals surface area contributed by atoms with E-state index in [0.717, 1.165) is 23.5 Å². The maximum Gasteiger partial charge on any atom is 0.407 e. The Morgan fingerprint density at radius 3 is 2.60 bits per heavy atom. The van der Waals surface area contributed by atoms with E-state index in [-0.39, 0.29) is 18.1 Å². The highest BCUT2D eigenvalue weighted by Crippen LogP contribution is 2.28. The van der Waals surface area contributed by atoms with Crippen LogP contribution in [0.2, 0.25) is 5.02 Å². The molecule has 1 aromatic rings. The van der Waals surface area contributed by atoms with Crippen molar-refractivity contribution in [1.82, 2.24) is 9.62 Å². The van der Waals surface area contributed by atoms with Gasteiger partial charge in [0.15, 0.2) is 5.82 Å². The SMILES string of the molecule is COC(=O)N[C@H]1CCN(S(=O)(=O)c2cc(Cl)cc(C(=O)OC)c2F)C1. The summed E-state index contributed by atoms with van der Waals surface area (Å²) in [6.07, 6.45) is -0.355. The number of carbonyl (C=O) groups is 2. The number of rotatable bonds is 4. The number of alkyl carbamates (subject to hydrolysis) is 1. The number of esters is 1. The maximum absolute atomic E-state index is 14.5. The molecule has 1 aliphatic rings. The summed E-state index contributed by atoms with van der Waals surface area (Å²) >= 11 is 5.82. The number of sulfonamides is 1. The molecule has 1 aliphatic heterocycles. The normalized spacial score (nSPS) is 18.0. The highest BCUT2D eigenvalue weighted by Gasteiger charge is 2.36. The lowest BCUT2D eigenvalue weighted by molar-refractivity contribution is 0.0594. The van der Waals surface area contributed by atoms with Gasteiger partial charge in [-0.25, -0.2) is 22.4 Å². The number of ether oxygens (including phenoxy) is 2. The van der Waals surface area contributed by atoms with Crippen molar-refractivity contribution in [3.05, 3.63) is 28.5 Å². The Morgan fingerprint density at radius 1 is 1.32 bits per heavy atom. The van der Waals surface area contributed by atoms with Gasteiger partial charge in [0.05, 0.1) is 19.8 Å². The Labute approximate surface area is 148 Å². The number of hydrogen-bond donors (Lipinski definition) is 1. The number of benzene rings is 1. The Hall–Kier alpha value is -1.91. The minimum Gasteiger partial charge on any atom is -0.465 e. The molecule has 0 radical (unpaired) electrons. The fourth-order valence-corrected chi connectivity index (χ4v) is 4.33. The van der Waals surface area contributed by atoms with Crippen molar-refractivity contribution in [2.24, 2.45) is 0 Å². The molecular formula is C14H16ClFN2O6S. The second kappa shape index (κ2) is 7.54. The van der Waals surface area contributed by atoms with Gasteiger partial charge in [-0.05, 0) is 18.6 Å². The van der Waals surface area contributed by atoms with E-state index in [1.165, 1.54) is 7.11 Å². The third-order valence-corrected chi connectivity index (χ3v) is 5.77. The van der Waals surface area contributed by atoms with Crippen molar-refractivity contribution in [2.45, 2.75) is 17.4 Å². The van der Waals surface area contributed by atoms with Crippen LogP contribution in [0.5, 0.6) is 0 Å². The van der Waals surface area contributed by atoms with Gasteiger partial charge in [-0.3, -0.25) is 0 Å². The minimum absolute atomic E-state index is 0.0586. The number of nitrogens with one attached hydrogen (secondary N) is 1. The second-order valence-electron chi connectivity index (χ2n) is 5.24. The van der Waals surface area contributed by atoms with Crippen molar-refractivity contribution in [1.29, 1.82) is 0 Å². The van der Waals surface area contributed by atoms with Crippen LogP contribution in [0.25, 0.3) is 0 Å². The predicted octanol–water partition coefficient (Wildman–Crippen LogP) is 1.38. The van der Waals surface area contributed by atoms with Gasteiger partial charge < -0.3 is 14.8 Å². The van der Waals surface area contributed by atoms with E-state index in [2.05, 4.69) is 14.8 Å². The fraction of sp³-hybridized carbons (Fsp3) is 0.429. The van der Waals surface area contributed by atoms with Crippen LogP contribution in [-0.2, 0) is 19.5 Å². The van der Waals surface area contributed by atoms with Gasteiger partial charge in [-0.1, -0.05) is 11.6 Å². The van der Waals surface area contributed by atoms with Crippen LogP contribution in [0.3, 0.4) is 0 Å². The van der Waals surface area contributed by atoms with Crippen LogP contribution in [0.1, 0.15) is 16.8 Å². The molecule has 0 saturated carbocycles. The van der Waals surface area contributed by atoms with Crippen molar-refractivity contribution in [2.75, 3.05) is 27.3 Å². The Morgan fingerprint density at radius 2 is 2.00 bits per heavy atom. The lowest BCUT2D eigenvalue weighted by Gasteiger charge is -2.18. The lowest BCUT2D eigenvalue weighted by atomic mass is 10.2. The van der Waals surface area contributed by atoms with Gasteiger partial charge in [0.2, 0.25) is 10.0 Å². The molecular weight excluding hydrogens is 379 g/mol. The van der Waals surface area contributed by atoms with Gasteiger partial charge in [0.1, 0.15) is 4.90 Å². The summed E-state index contributed by atoms with van der Waals surface area (Å²) < 4.78 is 49.8. The Kier molecular flexibility index (Phi) is 5.86. The number of halogens is 2. The zero-order valence-corrected chi connectivity index (χ0v) is 15.0. The van der Waals surface area contributed by atoms with E-state index < -0.39 is 44.4 Å². The van der Waals surface area contributed by atoms with E-state index in [1.807, 2.05) is 0 Å². The molecule has 2 rings (SSSR count). The molecule has 1 atom stereocenters. The first-order chi connectivity index (χ1) is 11.7. The monoisotopic (exact) mass is 394 g/mol. The molecule has 1 N–H and O–H groups in total. The molecule has 1 heterocycles. The Balaban J connectivity index is 2.33. The number of amides is 1. The topological polar surface area (TPSA) is 102 Å². The van der Waals surface area contributed by atoms with Gasteiger partial charge in [-0.15, -0.1) is 0 Å². The van der Waals surface area contributed by atoms with Crippen molar-refractivity contribution in [3.8, 4) is 0 Å². The molecule has 1 saturated heterocycles. The van der Waals surface area contributed by atoms with E-state index in [1.54, 1.807) is 0 Å². The van der Waals surface area contributed by atoms with Crippen molar-refractivity contribution >= 4 is 33.7 Å². The minimum atomic E-state index is -4.26. The quantitative estimate of drug-likeness (QED) is 0.774. The summed E-state index contributed by atoms with van der Waals surface area (Å²) in [5.74, 6) is -2.27. The van der Waals surface area contributed by atoms with Gasteiger partial charge in [-0.2, -0.15) is 4.31 Å². The molecule has 1 amide bonds. The average Bonchev–Trinajstić information content (AvgIpc) is 3.04. The van der Waals surface area contributed by atoms with E-state index in [4.69, 9.17) is 11.6 Å². The molecule has 0 unspecified atom stereocenters. The maximum atomic E-state index is 14.5. The zero-order valence-electron chi connectivity index (χ0n) is 13.4. The highest BCUT2D eigenvalue weighted by atomic mass is 35.5. The van der Waals surface area contributed by atoms with Crippen LogP contribution < -0.4 is 5.32 Å². The van der Waals surface area contributed by atoms with Crippen molar-refractivity contribution < 1.29 is 31.9 Å². The standard InChI is InChI=1S/C14H16ClFN2O6S/c1-23-13(19)10-5-8(15)6-11(12(10)16)25(21,22)18-4-3-9(7-18)17-14(20)24-2/h5-6,9H,3-4,7H2,1-2H3,(H,17,20)/t9-/m0/s1. The number of hydrogen-bond acceptors (Lipinski definition) is 6. The summed E-state index contributed by atoms with van der Waals surface area (Å²) in [6.45, 7) is 0.00739. The van der Waals surface area contributed by atoms with E-state index in [9.17, 15) is 22.4 Å². The summed E-state index contributed by atoms with van der Waals surface area (Å²) in [5.41, 5.74) is -0.572. The highest BCUT2D eigenvalue weighted by molar-refractivity contribution is 7.89. The van der Waals surface area contributed by atoms with Crippen LogP contribution in [0.4, 0.5) is 9.18 Å². The predicted molar refractivity (Wildman–Crippen MR) is 85.5 cm³/mol. The largest absolute Gasteiger partial charge is 0.465 e. The van der Waals surface area contributed by atoms with Crippen LogP contribution in [0, 0.1) is 5.82 Å². The van der Waals surface area contributed by atoms with Gasteiger partial charge >= 0.3 is 12.1 Å². The first-order valence-electron chi connectivity index (χ1n) is 7.12. The van der Waals surface area contributed by atoms with E-state index >= 15 is 0 Å². The molecule has 1 fully saturated rings. The van der Waals surface area contributed by atoms with Crippen molar-refractivity contribution in [3.63, 3.8) is 0 Å². The van der Waals surface area contributed by atoms with Crippen LogP contribution in [0.15, 0.2) is 17.0 Å². The number of nitrogens with zero attached hydrogens (tertiary/aromatic N) is 1. The third-order valence-electron chi connectivity index (χ3n) is 3.69. The van der Waals surface area contributed by atoms with Gasteiger partial charge in [0.25, 0.3) is 0 Å². The molecule has 138 valence electrons. The summed E-state index contributed by atoms with van der Waals surface area (Å²) in [4.78, 5) is 22.1. The third kappa shape index (κ3) is 4.02. The molecule has 8 nitrogen and oxygen atoms in total.